The van der Waals surface area contributed by atoms with Crippen LogP contribution in [0.25, 0.3) is 22.9 Å². The van der Waals surface area contributed by atoms with E-state index in [1.807, 2.05) is 61.5 Å². The Morgan fingerprint density at radius 2 is 1.44 bits per heavy atom. The van der Waals surface area contributed by atoms with E-state index in [9.17, 15) is 0 Å². The van der Waals surface area contributed by atoms with E-state index in [4.69, 9.17) is 8.83 Å². The van der Waals surface area contributed by atoms with E-state index in [1.165, 1.54) is 17.3 Å². The van der Waals surface area contributed by atoms with Crippen molar-refractivity contribution in [2.75, 3.05) is 0 Å². The van der Waals surface area contributed by atoms with Crippen molar-refractivity contribution in [1.82, 2.24) is 20.4 Å². The molecular weight excluding hydrogens is 336 g/mol. The minimum absolute atomic E-state index is 0.467. The molecule has 0 saturated carbocycles. The highest BCUT2D eigenvalue weighted by Gasteiger charge is 2.12. The molecule has 0 N–H and O–H groups in total. The van der Waals surface area contributed by atoms with Crippen LogP contribution in [0.2, 0.25) is 0 Å². The van der Waals surface area contributed by atoms with Crippen molar-refractivity contribution in [3.05, 3.63) is 66.1 Å². The summed E-state index contributed by atoms with van der Waals surface area (Å²) in [4.78, 5) is 0. The molecule has 0 aliphatic carbocycles. The summed E-state index contributed by atoms with van der Waals surface area (Å²) in [5.74, 6) is 1.98. The van der Waals surface area contributed by atoms with E-state index in [2.05, 4.69) is 20.4 Å². The molecule has 124 valence electrons. The summed E-state index contributed by atoms with van der Waals surface area (Å²) < 4.78 is 11.3. The third-order valence-electron chi connectivity index (χ3n) is 3.51. The zero-order valence-electron chi connectivity index (χ0n) is 13.4. The highest BCUT2D eigenvalue weighted by molar-refractivity contribution is 7.98. The Kier molecular flexibility index (Phi) is 4.30. The average molecular weight is 350 g/mol. The van der Waals surface area contributed by atoms with Crippen LogP contribution in [0.5, 0.6) is 0 Å². The van der Waals surface area contributed by atoms with Crippen LogP contribution < -0.4 is 0 Å². The predicted octanol–water partition coefficient (Wildman–Crippen LogP) is 4.39. The van der Waals surface area contributed by atoms with Crippen molar-refractivity contribution in [3.8, 4) is 22.9 Å². The Bertz CT molecular complexity index is 964. The molecule has 0 radical (unpaired) electrons. The molecule has 0 amide bonds. The molecule has 0 saturated heterocycles. The van der Waals surface area contributed by atoms with Crippen LogP contribution in [0.15, 0.2) is 68.7 Å². The van der Waals surface area contributed by atoms with Gasteiger partial charge >= 0.3 is 0 Å². The first-order valence-corrected chi connectivity index (χ1v) is 8.67. The third-order valence-corrected chi connectivity index (χ3v) is 4.31. The standard InChI is InChI=1S/C18H14N4O2S/c1-12-7-9-14(10-8-12)16-20-19-15(23-16)11-25-18-22-21-17(24-18)13-5-3-2-4-6-13/h2-10H,11H2,1H3. The first-order valence-electron chi connectivity index (χ1n) is 7.69. The number of thioether (sulfide) groups is 1. The van der Waals surface area contributed by atoms with E-state index in [-0.39, 0.29) is 0 Å². The van der Waals surface area contributed by atoms with Crippen molar-refractivity contribution in [2.24, 2.45) is 0 Å². The van der Waals surface area contributed by atoms with Crippen LogP contribution in [0.1, 0.15) is 11.5 Å². The Morgan fingerprint density at radius 1 is 0.760 bits per heavy atom. The van der Waals surface area contributed by atoms with Crippen molar-refractivity contribution in [2.45, 2.75) is 17.9 Å². The number of nitrogens with zero attached hydrogens (tertiary/aromatic N) is 4. The van der Waals surface area contributed by atoms with Gasteiger partial charge in [-0.1, -0.05) is 47.7 Å². The maximum absolute atomic E-state index is 5.69. The molecule has 0 aliphatic rings. The van der Waals surface area contributed by atoms with Crippen LogP contribution in [-0.4, -0.2) is 20.4 Å². The van der Waals surface area contributed by atoms with Gasteiger partial charge in [0.1, 0.15) is 0 Å². The molecule has 0 spiro atoms. The molecular formula is C18H14N4O2S. The molecule has 0 unspecified atom stereocenters. The second-order valence-corrected chi connectivity index (χ2v) is 6.32. The van der Waals surface area contributed by atoms with E-state index < -0.39 is 0 Å². The second-order valence-electron chi connectivity index (χ2n) is 5.39. The van der Waals surface area contributed by atoms with Crippen LogP contribution in [0.4, 0.5) is 0 Å². The van der Waals surface area contributed by atoms with Crippen molar-refractivity contribution >= 4 is 11.8 Å². The van der Waals surface area contributed by atoms with Crippen molar-refractivity contribution in [1.29, 1.82) is 0 Å². The molecule has 2 aromatic carbocycles. The van der Waals surface area contributed by atoms with E-state index in [0.717, 1.165) is 11.1 Å². The Balaban J connectivity index is 1.42. The molecule has 4 rings (SSSR count). The zero-order valence-corrected chi connectivity index (χ0v) is 14.2. The fourth-order valence-electron chi connectivity index (χ4n) is 2.21. The van der Waals surface area contributed by atoms with Gasteiger partial charge in [0, 0.05) is 11.1 Å². The molecule has 0 aliphatic heterocycles. The molecule has 0 bridgehead atoms. The molecule has 7 heteroatoms. The van der Waals surface area contributed by atoms with Crippen LogP contribution in [0, 0.1) is 6.92 Å². The first-order chi connectivity index (χ1) is 12.3. The lowest BCUT2D eigenvalue weighted by molar-refractivity contribution is 0.464. The molecule has 25 heavy (non-hydrogen) atoms. The van der Waals surface area contributed by atoms with Crippen molar-refractivity contribution < 1.29 is 8.83 Å². The van der Waals surface area contributed by atoms with Crippen LogP contribution in [0.3, 0.4) is 0 Å². The van der Waals surface area contributed by atoms with Gasteiger partial charge in [0.15, 0.2) is 0 Å². The van der Waals surface area contributed by atoms with Gasteiger partial charge in [-0.15, -0.1) is 20.4 Å². The van der Waals surface area contributed by atoms with E-state index >= 15 is 0 Å². The number of hydrogen-bond acceptors (Lipinski definition) is 7. The zero-order chi connectivity index (χ0) is 17.1. The van der Waals surface area contributed by atoms with Crippen molar-refractivity contribution in [3.63, 3.8) is 0 Å². The summed E-state index contributed by atoms with van der Waals surface area (Å²) in [7, 11) is 0. The van der Waals surface area contributed by atoms with Gasteiger partial charge in [0.25, 0.3) is 5.22 Å². The van der Waals surface area contributed by atoms with Gasteiger partial charge in [-0.2, -0.15) is 0 Å². The molecule has 6 nitrogen and oxygen atoms in total. The largest absolute Gasteiger partial charge is 0.420 e. The van der Waals surface area contributed by atoms with Crippen LogP contribution >= 0.6 is 11.8 Å². The molecule has 2 aromatic heterocycles. The van der Waals surface area contributed by atoms with Gasteiger partial charge in [-0.25, -0.2) is 0 Å². The van der Waals surface area contributed by atoms with Gasteiger partial charge in [-0.05, 0) is 31.2 Å². The molecule has 0 atom stereocenters. The van der Waals surface area contributed by atoms with E-state index in [1.54, 1.807) is 0 Å². The minimum atomic E-state index is 0.467. The number of hydrogen-bond donors (Lipinski definition) is 0. The maximum Gasteiger partial charge on any atom is 0.277 e. The smallest absolute Gasteiger partial charge is 0.277 e. The molecule has 0 fully saturated rings. The molecule has 2 heterocycles. The van der Waals surface area contributed by atoms with Crippen LogP contribution in [-0.2, 0) is 5.75 Å². The second kappa shape index (κ2) is 6.90. The molecule has 4 aromatic rings. The number of aromatic nitrogens is 4. The fraction of sp³-hybridized carbons (Fsp3) is 0.111. The Morgan fingerprint density at radius 3 is 2.24 bits per heavy atom. The number of rotatable bonds is 5. The highest BCUT2D eigenvalue weighted by Crippen LogP contribution is 2.26. The first kappa shape index (κ1) is 15.6. The summed E-state index contributed by atoms with van der Waals surface area (Å²) in [5.41, 5.74) is 2.98. The summed E-state index contributed by atoms with van der Waals surface area (Å²) in [6.07, 6.45) is 0. The number of benzene rings is 2. The monoisotopic (exact) mass is 350 g/mol. The summed E-state index contributed by atoms with van der Waals surface area (Å²) in [6, 6.07) is 17.6. The summed E-state index contributed by atoms with van der Waals surface area (Å²) in [6.45, 7) is 2.04. The quantitative estimate of drug-likeness (QED) is 0.494. The average Bonchev–Trinajstić information content (AvgIpc) is 3.31. The summed E-state index contributed by atoms with van der Waals surface area (Å²) in [5, 5.41) is 16.7. The van der Waals surface area contributed by atoms with Gasteiger partial charge < -0.3 is 8.83 Å². The van der Waals surface area contributed by atoms with Gasteiger partial charge in [0.05, 0.1) is 5.75 Å². The Hall–Kier alpha value is -2.93. The SMILES string of the molecule is Cc1ccc(-c2nnc(CSc3nnc(-c4ccccc4)o3)o2)cc1. The fourth-order valence-corrected chi connectivity index (χ4v) is 2.81. The normalized spacial score (nSPS) is 10.9. The minimum Gasteiger partial charge on any atom is -0.420 e. The highest BCUT2D eigenvalue weighted by atomic mass is 32.2. The lowest BCUT2D eigenvalue weighted by Gasteiger charge is -1.95. The number of aryl methyl sites for hydroxylation is 1. The predicted molar refractivity (Wildman–Crippen MR) is 93.8 cm³/mol. The van der Waals surface area contributed by atoms with E-state index in [0.29, 0.717) is 28.6 Å². The third kappa shape index (κ3) is 3.61. The lowest BCUT2D eigenvalue weighted by atomic mass is 10.1. The van der Waals surface area contributed by atoms with Gasteiger partial charge in [0.2, 0.25) is 17.7 Å². The topological polar surface area (TPSA) is 77.8 Å². The Labute approximate surface area is 148 Å². The maximum atomic E-state index is 5.69. The summed E-state index contributed by atoms with van der Waals surface area (Å²) >= 11 is 1.36. The lowest BCUT2D eigenvalue weighted by Crippen LogP contribution is -1.80. The van der Waals surface area contributed by atoms with Gasteiger partial charge in [-0.3, -0.25) is 0 Å².